The summed E-state index contributed by atoms with van der Waals surface area (Å²) in [5.74, 6) is 2.00. The fraction of sp³-hybridized carbons (Fsp3) is 0.500. The molecule has 0 aromatic carbocycles. The van der Waals surface area contributed by atoms with E-state index in [2.05, 4.69) is 32.7 Å². The molecule has 2 aromatic rings. The van der Waals surface area contributed by atoms with Gasteiger partial charge in [0.05, 0.1) is 0 Å². The second-order valence-electron chi connectivity index (χ2n) is 4.96. The number of thiophene rings is 1. The standard InChI is InChI=1S/C14H19N3S/c1-15-10-11-3-7-17(8-4-11)14-12-5-9-18-13(12)2-6-16-14/h2,5-6,9,11,15H,3-4,7-8,10H2,1H3. The first-order valence-electron chi connectivity index (χ1n) is 6.60. The van der Waals surface area contributed by atoms with E-state index >= 15 is 0 Å². The van der Waals surface area contributed by atoms with Crippen molar-refractivity contribution in [3.8, 4) is 0 Å². The summed E-state index contributed by atoms with van der Waals surface area (Å²) in [4.78, 5) is 7.04. The van der Waals surface area contributed by atoms with E-state index < -0.39 is 0 Å². The number of hydrogen-bond acceptors (Lipinski definition) is 4. The molecule has 0 atom stereocenters. The molecular weight excluding hydrogens is 242 g/mol. The lowest BCUT2D eigenvalue weighted by Gasteiger charge is -2.33. The number of fused-ring (bicyclic) bond motifs is 1. The maximum absolute atomic E-state index is 4.59. The van der Waals surface area contributed by atoms with E-state index in [1.807, 2.05) is 13.2 Å². The Balaban J connectivity index is 1.78. The molecule has 0 unspecified atom stereocenters. The number of hydrogen-bond donors (Lipinski definition) is 1. The van der Waals surface area contributed by atoms with Gasteiger partial charge in [0.25, 0.3) is 0 Å². The summed E-state index contributed by atoms with van der Waals surface area (Å²) in [6.45, 7) is 3.41. The van der Waals surface area contributed by atoms with Crippen LogP contribution in [0.15, 0.2) is 23.7 Å². The van der Waals surface area contributed by atoms with Gasteiger partial charge in [0.15, 0.2) is 0 Å². The molecule has 0 bridgehead atoms. The first-order chi connectivity index (χ1) is 8.88. The monoisotopic (exact) mass is 261 g/mol. The Morgan fingerprint density at radius 2 is 2.22 bits per heavy atom. The molecule has 0 spiro atoms. The minimum absolute atomic E-state index is 0.827. The molecule has 3 rings (SSSR count). The third-order valence-corrected chi connectivity index (χ3v) is 4.65. The first kappa shape index (κ1) is 11.9. The Morgan fingerprint density at radius 1 is 1.39 bits per heavy atom. The summed E-state index contributed by atoms with van der Waals surface area (Å²) in [6.07, 6.45) is 4.47. The van der Waals surface area contributed by atoms with Gasteiger partial charge >= 0.3 is 0 Å². The summed E-state index contributed by atoms with van der Waals surface area (Å²) in [5, 5.41) is 6.76. The zero-order chi connectivity index (χ0) is 12.4. The Morgan fingerprint density at radius 3 is 3.00 bits per heavy atom. The number of anilines is 1. The summed E-state index contributed by atoms with van der Waals surface area (Å²) in [5.41, 5.74) is 0. The van der Waals surface area contributed by atoms with E-state index in [4.69, 9.17) is 0 Å². The van der Waals surface area contributed by atoms with Crippen molar-refractivity contribution in [1.29, 1.82) is 0 Å². The van der Waals surface area contributed by atoms with Crippen LogP contribution in [0.1, 0.15) is 12.8 Å². The normalized spacial score (nSPS) is 17.5. The van der Waals surface area contributed by atoms with E-state index in [1.165, 1.54) is 28.7 Å². The predicted octanol–water partition coefficient (Wildman–Crippen LogP) is 2.73. The molecule has 0 saturated carbocycles. The van der Waals surface area contributed by atoms with Crippen LogP contribution in [-0.4, -0.2) is 31.7 Å². The molecule has 1 aliphatic heterocycles. The van der Waals surface area contributed by atoms with Gasteiger partial charge in [-0.3, -0.25) is 0 Å². The molecule has 96 valence electrons. The molecular formula is C14H19N3S. The number of piperidine rings is 1. The maximum atomic E-state index is 4.59. The number of aromatic nitrogens is 1. The van der Waals surface area contributed by atoms with Crippen LogP contribution in [0.2, 0.25) is 0 Å². The highest BCUT2D eigenvalue weighted by atomic mass is 32.1. The minimum atomic E-state index is 0.827. The lowest BCUT2D eigenvalue weighted by Crippen LogP contribution is -2.37. The third kappa shape index (κ3) is 2.22. The van der Waals surface area contributed by atoms with Crippen molar-refractivity contribution >= 4 is 27.2 Å². The van der Waals surface area contributed by atoms with Crippen molar-refractivity contribution in [2.24, 2.45) is 5.92 Å². The van der Waals surface area contributed by atoms with Crippen LogP contribution in [0, 0.1) is 5.92 Å². The average molecular weight is 261 g/mol. The second-order valence-corrected chi connectivity index (χ2v) is 5.90. The molecule has 1 fully saturated rings. The van der Waals surface area contributed by atoms with Gasteiger partial charge in [-0.05, 0) is 49.9 Å². The molecule has 3 nitrogen and oxygen atoms in total. The molecule has 0 radical (unpaired) electrons. The van der Waals surface area contributed by atoms with Gasteiger partial charge in [0, 0.05) is 29.4 Å². The van der Waals surface area contributed by atoms with Gasteiger partial charge in [-0.25, -0.2) is 4.98 Å². The van der Waals surface area contributed by atoms with Crippen LogP contribution >= 0.6 is 11.3 Å². The van der Waals surface area contributed by atoms with Crippen LogP contribution in [0.3, 0.4) is 0 Å². The lowest BCUT2D eigenvalue weighted by molar-refractivity contribution is 0.393. The molecule has 1 N–H and O–H groups in total. The molecule has 18 heavy (non-hydrogen) atoms. The second kappa shape index (κ2) is 5.24. The fourth-order valence-electron chi connectivity index (χ4n) is 2.77. The highest BCUT2D eigenvalue weighted by molar-refractivity contribution is 7.17. The molecule has 4 heteroatoms. The fourth-order valence-corrected chi connectivity index (χ4v) is 3.55. The highest BCUT2D eigenvalue weighted by Gasteiger charge is 2.20. The van der Waals surface area contributed by atoms with Crippen LogP contribution in [-0.2, 0) is 0 Å². The highest BCUT2D eigenvalue weighted by Crippen LogP contribution is 2.30. The van der Waals surface area contributed by atoms with Crippen LogP contribution in [0.4, 0.5) is 5.82 Å². The molecule has 2 aromatic heterocycles. The summed E-state index contributed by atoms with van der Waals surface area (Å²) < 4.78 is 1.34. The Kier molecular flexibility index (Phi) is 3.48. The number of nitrogens with zero attached hydrogens (tertiary/aromatic N) is 2. The van der Waals surface area contributed by atoms with Crippen molar-refractivity contribution in [2.45, 2.75) is 12.8 Å². The minimum Gasteiger partial charge on any atom is -0.356 e. The maximum Gasteiger partial charge on any atom is 0.137 e. The van der Waals surface area contributed by atoms with Gasteiger partial charge < -0.3 is 10.2 Å². The van der Waals surface area contributed by atoms with Crippen LogP contribution in [0.25, 0.3) is 10.1 Å². The van der Waals surface area contributed by atoms with Crippen molar-refractivity contribution in [3.05, 3.63) is 23.7 Å². The molecule has 3 heterocycles. The quantitative estimate of drug-likeness (QED) is 0.921. The van der Waals surface area contributed by atoms with Crippen molar-refractivity contribution < 1.29 is 0 Å². The van der Waals surface area contributed by atoms with Gasteiger partial charge in [-0.15, -0.1) is 11.3 Å². The van der Waals surface area contributed by atoms with Gasteiger partial charge in [-0.1, -0.05) is 0 Å². The van der Waals surface area contributed by atoms with Crippen LogP contribution in [0.5, 0.6) is 0 Å². The van der Waals surface area contributed by atoms with Crippen molar-refractivity contribution in [3.63, 3.8) is 0 Å². The summed E-state index contributed by atoms with van der Waals surface area (Å²) in [6, 6.07) is 4.30. The topological polar surface area (TPSA) is 28.2 Å². The predicted molar refractivity (Wildman–Crippen MR) is 78.5 cm³/mol. The Hall–Kier alpha value is -1.13. The van der Waals surface area contributed by atoms with Gasteiger partial charge in [0.1, 0.15) is 5.82 Å². The SMILES string of the molecule is CNCC1CCN(c2nccc3sccc23)CC1. The van der Waals surface area contributed by atoms with Crippen molar-refractivity contribution in [1.82, 2.24) is 10.3 Å². The van der Waals surface area contributed by atoms with Gasteiger partial charge in [-0.2, -0.15) is 0 Å². The molecule has 0 amide bonds. The van der Waals surface area contributed by atoms with Crippen LogP contribution < -0.4 is 10.2 Å². The molecule has 1 aliphatic rings. The number of pyridine rings is 1. The van der Waals surface area contributed by atoms with Gasteiger partial charge in [0.2, 0.25) is 0 Å². The van der Waals surface area contributed by atoms with Crippen molar-refractivity contribution in [2.75, 3.05) is 31.6 Å². The molecule has 1 saturated heterocycles. The largest absolute Gasteiger partial charge is 0.356 e. The van der Waals surface area contributed by atoms with E-state index in [0.717, 1.165) is 25.6 Å². The van der Waals surface area contributed by atoms with E-state index in [-0.39, 0.29) is 0 Å². The molecule has 0 aliphatic carbocycles. The Labute approximate surface area is 112 Å². The average Bonchev–Trinajstić information content (AvgIpc) is 2.88. The summed E-state index contributed by atoms with van der Waals surface area (Å²) >= 11 is 1.80. The zero-order valence-corrected chi connectivity index (χ0v) is 11.5. The number of rotatable bonds is 3. The zero-order valence-electron chi connectivity index (χ0n) is 10.7. The van der Waals surface area contributed by atoms with E-state index in [1.54, 1.807) is 11.3 Å². The lowest BCUT2D eigenvalue weighted by atomic mass is 9.97. The summed E-state index contributed by atoms with van der Waals surface area (Å²) in [7, 11) is 2.04. The third-order valence-electron chi connectivity index (χ3n) is 3.77. The number of nitrogens with one attached hydrogen (secondary N) is 1. The Bertz CT molecular complexity index is 514. The first-order valence-corrected chi connectivity index (χ1v) is 7.48. The smallest absolute Gasteiger partial charge is 0.137 e. The van der Waals surface area contributed by atoms with E-state index in [0.29, 0.717) is 0 Å². The van der Waals surface area contributed by atoms with E-state index in [9.17, 15) is 0 Å².